The van der Waals surface area contributed by atoms with E-state index in [-0.39, 0.29) is 23.1 Å². The molecule has 0 atom stereocenters. The highest BCUT2D eigenvalue weighted by molar-refractivity contribution is 5.83. The normalized spacial score (nSPS) is 17.3. The summed E-state index contributed by atoms with van der Waals surface area (Å²) in [5.74, 6) is 0. The van der Waals surface area contributed by atoms with Crippen molar-refractivity contribution in [3.8, 4) is 28.8 Å². The number of quaternary nitrogens is 1. The van der Waals surface area contributed by atoms with E-state index < -0.39 is 23.5 Å². The van der Waals surface area contributed by atoms with Crippen molar-refractivity contribution in [3.05, 3.63) is 88.1 Å². The van der Waals surface area contributed by atoms with Crippen LogP contribution in [0.3, 0.4) is 0 Å². The van der Waals surface area contributed by atoms with E-state index in [4.69, 9.17) is 0 Å². The van der Waals surface area contributed by atoms with Gasteiger partial charge < -0.3 is 9.80 Å². The zero-order valence-electron chi connectivity index (χ0n) is 25.1. The Labute approximate surface area is 253 Å². The molecular weight excluding hydrogens is 571 g/mol. The minimum absolute atomic E-state index is 0.0142. The Morgan fingerprint density at radius 3 is 2.36 bits per heavy atom. The van der Waals surface area contributed by atoms with Gasteiger partial charge in [-0.1, -0.05) is 6.07 Å². The summed E-state index contributed by atoms with van der Waals surface area (Å²) in [5, 5.41) is 16.6. The van der Waals surface area contributed by atoms with Gasteiger partial charge in [-0.05, 0) is 75.2 Å². The number of carbonyl (C=O) groups is 1. The van der Waals surface area contributed by atoms with Gasteiger partial charge in [0.2, 0.25) is 0 Å². The average Bonchev–Trinajstić information content (AvgIpc) is 3.58. The highest BCUT2D eigenvalue weighted by atomic mass is 19.4. The van der Waals surface area contributed by atoms with E-state index >= 15 is 0 Å². The van der Waals surface area contributed by atoms with Gasteiger partial charge >= 0.3 is 17.9 Å². The lowest BCUT2D eigenvalue weighted by atomic mass is 9.89. The van der Waals surface area contributed by atoms with Crippen molar-refractivity contribution in [2.45, 2.75) is 57.8 Å². The second kappa shape index (κ2) is 11.8. The van der Waals surface area contributed by atoms with Gasteiger partial charge in [-0.25, -0.2) is 18.8 Å². The number of carbonyl (C=O) groups excluding carboxylic acids is 1. The van der Waals surface area contributed by atoms with Crippen LogP contribution in [0.2, 0.25) is 0 Å². The van der Waals surface area contributed by atoms with E-state index in [2.05, 4.69) is 37.5 Å². The summed E-state index contributed by atoms with van der Waals surface area (Å²) in [6.07, 6.45) is 0.231. The first-order chi connectivity index (χ1) is 20.9. The summed E-state index contributed by atoms with van der Waals surface area (Å²) in [7, 11) is 4.40. The Bertz CT molecular complexity index is 1770. The number of halogens is 3. The zero-order chi connectivity index (χ0) is 31.8. The molecule has 230 valence electrons. The lowest BCUT2D eigenvalue weighted by Gasteiger charge is -2.41. The molecule has 9 nitrogen and oxygen atoms in total. The molecule has 2 aromatic carbocycles. The molecule has 0 unspecified atom stereocenters. The number of hydrogen-bond donors (Lipinski definition) is 1. The highest BCUT2D eigenvalue weighted by Crippen LogP contribution is 2.32. The molecule has 1 fully saturated rings. The maximum atomic E-state index is 14.0. The molecule has 1 amide bonds. The predicted octanol–water partition coefficient (Wildman–Crippen LogP) is 5.66. The maximum Gasteiger partial charge on any atom is 0.416 e. The summed E-state index contributed by atoms with van der Waals surface area (Å²) in [6.45, 7) is 4.74. The summed E-state index contributed by atoms with van der Waals surface area (Å²) in [6, 6.07) is 14.4. The lowest BCUT2D eigenvalue weighted by molar-refractivity contribution is -0.914. The third-order valence-electron chi connectivity index (χ3n) is 8.87. The molecule has 1 aliphatic rings. The Hall–Kier alpha value is -4.63. The number of nitrogens with one attached hydrogen (secondary N) is 1. The van der Waals surface area contributed by atoms with Crippen molar-refractivity contribution in [2.75, 3.05) is 20.6 Å². The highest BCUT2D eigenvalue weighted by Gasteiger charge is 2.34. The quantitative estimate of drug-likeness (QED) is 0.287. The molecule has 1 saturated carbocycles. The first kappa shape index (κ1) is 30.8. The van der Waals surface area contributed by atoms with Crippen LogP contribution in [0.1, 0.15) is 49.4 Å². The molecule has 2 heterocycles. The van der Waals surface area contributed by atoms with Crippen molar-refractivity contribution in [2.24, 2.45) is 0 Å². The van der Waals surface area contributed by atoms with E-state index in [1.54, 1.807) is 37.3 Å². The molecule has 5 rings (SSSR count). The van der Waals surface area contributed by atoms with Crippen LogP contribution < -0.4 is 11.0 Å². The summed E-state index contributed by atoms with van der Waals surface area (Å²) >= 11 is 0. The van der Waals surface area contributed by atoms with Gasteiger partial charge in [-0.15, -0.1) is 0 Å². The molecule has 0 radical (unpaired) electrons. The molecule has 4 aromatic rings. The van der Waals surface area contributed by atoms with Gasteiger partial charge in [-0.2, -0.15) is 23.5 Å². The van der Waals surface area contributed by atoms with Gasteiger partial charge in [0.05, 0.1) is 72.8 Å². The number of benzene rings is 2. The van der Waals surface area contributed by atoms with E-state index in [0.29, 0.717) is 23.0 Å². The molecule has 44 heavy (non-hydrogen) atoms. The fourth-order valence-corrected chi connectivity index (χ4v) is 6.00. The summed E-state index contributed by atoms with van der Waals surface area (Å²) < 4.78 is 45.4. The van der Waals surface area contributed by atoms with Gasteiger partial charge in [0.1, 0.15) is 5.69 Å². The monoisotopic (exact) mass is 606 g/mol. The molecule has 12 heteroatoms. The molecule has 0 spiro atoms. The summed E-state index contributed by atoms with van der Waals surface area (Å²) in [5.41, 5.74) is 0.156. The fraction of sp³-hybridized carbons (Fsp3) is 0.375. The lowest BCUT2D eigenvalue weighted by Crippen LogP contribution is -2.52. The Morgan fingerprint density at radius 1 is 1.07 bits per heavy atom. The smallest absolute Gasteiger partial charge is 0.335 e. The Balaban J connectivity index is 1.60. The second-order valence-corrected chi connectivity index (χ2v) is 11.8. The first-order valence-corrected chi connectivity index (χ1v) is 14.6. The molecule has 1 aliphatic carbocycles. The van der Waals surface area contributed by atoms with Crippen molar-refractivity contribution >= 4 is 6.03 Å². The van der Waals surface area contributed by atoms with Crippen LogP contribution in [-0.4, -0.2) is 62.2 Å². The van der Waals surface area contributed by atoms with Gasteiger partial charge in [0.25, 0.3) is 0 Å². The maximum absolute atomic E-state index is 14.0. The van der Waals surface area contributed by atoms with E-state index in [0.717, 1.165) is 58.0 Å². The number of imidazole rings is 1. The molecular formula is C32H35F3N7O2+. The molecule has 0 aliphatic heterocycles. The van der Waals surface area contributed by atoms with Crippen LogP contribution in [0.25, 0.3) is 22.8 Å². The molecule has 0 saturated heterocycles. The number of amides is 1. The van der Waals surface area contributed by atoms with Gasteiger partial charge in [0.15, 0.2) is 0 Å². The third-order valence-corrected chi connectivity index (χ3v) is 8.87. The van der Waals surface area contributed by atoms with Crippen molar-refractivity contribution in [1.29, 1.82) is 5.26 Å². The largest absolute Gasteiger partial charge is 0.416 e. The minimum atomic E-state index is -4.62. The van der Waals surface area contributed by atoms with E-state index in [9.17, 15) is 28.0 Å². The van der Waals surface area contributed by atoms with Crippen LogP contribution >= 0.6 is 0 Å². The van der Waals surface area contributed by atoms with Crippen molar-refractivity contribution in [1.82, 2.24) is 24.2 Å². The second-order valence-electron chi connectivity index (χ2n) is 11.8. The first-order valence-electron chi connectivity index (χ1n) is 14.6. The van der Waals surface area contributed by atoms with Crippen LogP contribution in [0, 0.1) is 18.3 Å². The van der Waals surface area contributed by atoms with Crippen LogP contribution in [0.5, 0.6) is 0 Å². The number of alkyl halides is 3. The van der Waals surface area contributed by atoms with Crippen LogP contribution in [0.15, 0.2) is 65.6 Å². The predicted molar refractivity (Wildman–Crippen MR) is 160 cm³/mol. The number of rotatable bonds is 6. The number of nitriles is 1. The summed E-state index contributed by atoms with van der Waals surface area (Å²) in [4.78, 5) is 27.9. The van der Waals surface area contributed by atoms with Gasteiger partial charge in [0, 0.05) is 18.9 Å². The molecule has 2 aromatic heterocycles. The zero-order valence-corrected chi connectivity index (χ0v) is 25.1. The topological polar surface area (TPSA) is 97.6 Å². The Morgan fingerprint density at radius 2 is 1.75 bits per heavy atom. The van der Waals surface area contributed by atoms with Gasteiger partial charge in [-0.3, -0.25) is 4.57 Å². The van der Waals surface area contributed by atoms with E-state index in [1.165, 1.54) is 23.0 Å². The molecule has 0 bridgehead atoms. The van der Waals surface area contributed by atoms with E-state index in [1.807, 2.05) is 0 Å². The van der Waals surface area contributed by atoms with Crippen molar-refractivity contribution < 1.29 is 22.4 Å². The van der Waals surface area contributed by atoms with Crippen molar-refractivity contribution in [3.63, 3.8) is 0 Å². The number of hydrogen-bond acceptors (Lipinski definition) is 4. The number of nitrogens with zero attached hydrogens (tertiary/aromatic N) is 6. The fourth-order valence-electron chi connectivity index (χ4n) is 6.00. The number of aromatic nitrogens is 4. The SMILES string of the molecule is CC[N+](C)(C)C1CCC(NC(=O)n2c(-c3ccnn3-c3ccc(C#N)cc3)c(C)n(-c3cccc(C(F)(F)F)c3)c2=O)CC1. The molecule has 1 N–H and O–H groups in total. The third kappa shape index (κ3) is 5.79. The Kier molecular flexibility index (Phi) is 8.27. The van der Waals surface area contributed by atoms with Crippen LogP contribution in [0.4, 0.5) is 18.0 Å². The standard InChI is InChI=1S/C32H34F3N7O2/c1-5-42(3,4)27-15-11-24(12-16-27)38-30(43)40-29(28-17-18-37-41(28)25-13-9-22(20-36)10-14-25)21(2)39(31(40)44)26-8-6-7-23(19-26)32(33,34)35/h6-10,13-14,17-19,24,27H,5,11-12,15-16H2,1-4H3/p+1. The minimum Gasteiger partial charge on any atom is -0.335 e. The van der Waals surface area contributed by atoms with Crippen LogP contribution in [-0.2, 0) is 6.18 Å². The average molecular weight is 607 g/mol.